The van der Waals surface area contributed by atoms with E-state index in [0.717, 1.165) is 5.56 Å². The van der Waals surface area contributed by atoms with Crippen LogP contribution in [-0.2, 0) is 6.42 Å². The van der Waals surface area contributed by atoms with Gasteiger partial charge in [-0.1, -0.05) is 29.4 Å². The fourth-order valence-corrected chi connectivity index (χ4v) is 2.23. The number of rotatable bonds is 5. The third-order valence-electron chi connectivity index (χ3n) is 3.49. The van der Waals surface area contributed by atoms with Gasteiger partial charge in [-0.15, -0.1) is 0 Å². The molecule has 0 radical (unpaired) electrons. The maximum Gasteiger partial charge on any atom is 0.273 e. The summed E-state index contributed by atoms with van der Waals surface area (Å²) < 4.78 is 31.5. The predicted molar refractivity (Wildman–Crippen MR) is 84.3 cm³/mol. The maximum atomic E-state index is 13.7. The van der Waals surface area contributed by atoms with E-state index in [1.54, 1.807) is 30.3 Å². The topological polar surface area (TPSA) is 55.1 Å². The molecule has 122 valence electrons. The molecule has 0 aliphatic heterocycles. The molecule has 0 spiro atoms. The highest BCUT2D eigenvalue weighted by Crippen LogP contribution is 2.23. The minimum atomic E-state index is -0.447. The Hall–Kier alpha value is -3.02. The second-order valence-corrected chi connectivity index (χ2v) is 5.19. The SMILES string of the molecule is O=C(NCCc1ccc(F)cc1)c1cc(-c2ccccc2F)on1. The Kier molecular flexibility index (Phi) is 4.65. The van der Waals surface area contributed by atoms with Crippen molar-refractivity contribution >= 4 is 5.91 Å². The summed E-state index contributed by atoms with van der Waals surface area (Å²) in [5.74, 6) is -0.969. The first-order valence-corrected chi connectivity index (χ1v) is 7.38. The molecule has 2 aromatic carbocycles. The van der Waals surface area contributed by atoms with Crippen LogP contribution in [0.2, 0.25) is 0 Å². The van der Waals surface area contributed by atoms with E-state index in [-0.39, 0.29) is 22.8 Å². The summed E-state index contributed by atoms with van der Waals surface area (Å²) in [6.07, 6.45) is 0.560. The summed E-state index contributed by atoms with van der Waals surface area (Å²) in [6.45, 7) is 0.367. The second-order valence-electron chi connectivity index (χ2n) is 5.19. The van der Waals surface area contributed by atoms with Crippen LogP contribution in [0.25, 0.3) is 11.3 Å². The number of halogens is 2. The van der Waals surface area contributed by atoms with Crippen LogP contribution in [0.15, 0.2) is 59.1 Å². The van der Waals surface area contributed by atoms with Crippen molar-refractivity contribution in [1.29, 1.82) is 0 Å². The minimum absolute atomic E-state index is 0.0763. The quantitative estimate of drug-likeness (QED) is 0.779. The summed E-state index contributed by atoms with van der Waals surface area (Å²) in [7, 11) is 0. The fourth-order valence-electron chi connectivity index (χ4n) is 2.23. The van der Waals surface area contributed by atoms with Crippen molar-refractivity contribution < 1.29 is 18.1 Å². The first-order chi connectivity index (χ1) is 11.6. The lowest BCUT2D eigenvalue weighted by Crippen LogP contribution is -2.25. The fraction of sp³-hybridized carbons (Fsp3) is 0.111. The van der Waals surface area contributed by atoms with Crippen LogP contribution in [0, 0.1) is 11.6 Å². The first kappa shape index (κ1) is 15.9. The monoisotopic (exact) mass is 328 g/mol. The number of hydrogen-bond acceptors (Lipinski definition) is 3. The van der Waals surface area contributed by atoms with Crippen molar-refractivity contribution in [2.45, 2.75) is 6.42 Å². The zero-order valence-electron chi connectivity index (χ0n) is 12.6. The van der Waals surface area contributed by atoms with Crippen molar-refractivity contribution in [3.63, 3.8) is 0 Å². The molecule has 0 unspecified atom stereocenters. The van der Waals surface area contributed by atoms with Gasteiger partial charge in [0.2, 0.25) is 0 Å². The van der Waals surface area contributed by atoms with E-state index in [9.17, 15) is 13.6 Å². The molecule has 1 amide bonds. The zero-order valence-corrected chi connectivity index (χ0v) is 12.6. The predicted octanol–water partition coefficient (Wildman–Crippen LogP) is 3.59. The molecule has 24 heavy (non-hydrogen) atoms. The van der Waals surface area contributed by atoms with E-state index >= 15 is 0 Å². The van der Waals surface area contributed by atoms with Gasteiger partial charge in [-0.05, 0) is 36.2 Å². The molecular weight excluding hydrogens is 314 g/mol. The Morgan fingerprint density at radius 2 is 1.83 bits per heavy atom. The summed E-state index contributed by atoms with van der Waals surface area (Å²) in [5, 5.41) is 6.36. The molecule has 0 saturated heterocycles. The van der Waals surface area contributed by atoms with E-state index < -0.39 is 11.7 Å². The van der Waals surface area contributed by atoms with E-state index in [2.05, 4.69) is 10.5 Å². The third-order valence-corrected chi connectivity index (χ3v) is 3.49. The van der Waals surface area contributed by atoms with Gasteiger partial charge in [0.05, 0.1) is 5.56 Å². The van der Waals surface area contributed by atoms with Crippen molar-refractivity contribution in [3.05, 3.63) is 77.5 Å². The van der Waals surface area contributed by atoms with Gasteiger partial charge in [0, 0.05) is 12.6 Å². The summed E-state index contributed by atoms with van der Waals surface area (Å²) in [4.78, 5) is 12.0. The number of aromatic nitrogens is 1. The van der Waals surface area contributed by atoms with Gasteiger partial charge >= 0.3 is 0 Å². The number of benzene rings is 2. The molecule has 1 heterocycles. The van der Waals surface area contributed by atoms with Gasteiger partial charge in [-0.3, -0.25) is 4.79 Å². The van der Waals surface area contributed by atoms with Crippen LogP contribution < -0.4 is 5.32 Å². The molecule has 0 aliphatic carbocycles. The van der Waals surface area contributed by atoms with Crippen LogP contribution in [0.4, 0.5) is 8.78 Å². The van der Waals surface area contributed by atoms with Gasteiger partial charge in [0.1, 0.15) is 11.6 Å². The van der Waals surface area contributed by atoms with Gasteiger partial charge in [0.25, 0.3) is 5.91 Å². The van der Waals surface area contributed by atoms with Gasteiger partial charge in [-0.25, -0.2) is 8.78 Å². The molecular formula is C18H14F2N2O2. The average Bonchev–Trinajstić information content (AvgIpc) is 3.07. The van der Waals surface area contributed by atoms with Crippen molar-refractivity contribution in [1.82, 2.24) is 10.5 Å². The third kappa shape index (κ3) is 3.65. The van der Waals surface area contributed by atoms with Crippen LogP contribution in [-0.4, -0.2) is 17.6 Å². The van der Waals surface area contributed by atoms with Crippen LogP contribution in [0.3, 0.4) is 0 Å². The van der Waals surface area contributed by atoms with Crippen LogP contribution in [0.5, 0.6) is 0 Å². The van der Waals surface area contributed by atoms with E-state index in [1.165, 1.54) is 24.3 Å². The molecule has 6 heteroatoms. The van der Waals surface area contributed by atoms with Gasteiger partial charge in [-0.2, -0.15) is 0 Å². The molecule has 0 saturated carbocycles. The highest BCUT2D eigenvalue weighted by Gasteiger charge is 2.15. The lowest BCUT2D eigenvalue weighted by molar-refractivity contribution is 0.0945. The lowest BCUT2D eigenvalue weighted by Gasteiger charge is -2.03. The number of nitrogens with zero attached hydrogens (tertiary/aromatic N) is 1. The minimum Gasteiger partial charge on any atom is -0.355 e. The summed E-state index contributed by atoms with van der Waals surface area (Å²) >= 11 is 0. The van der Waals surface area contributed by atoms with Crippen molar-refractivity contribution in [2.24, 2.45) is 0 Å². The zero-order chi connectivity index (χ0) is 16.9. The van der Waals surface area contributed by atoms with Crippen molar-refractivity contribution in [3.8, 4) is 11.3 Å². The largest absolute Gasteiger partial charge is 0.355 e. The molecule has 1 aromatic heterocycles. The first-order valence-electron chi connectivity index (χ1n) is 7.38. The highest BCUT2D eigenvalue weighted by molar-refractivity contribution is 5.93. The molecule has 0 aliphatic rings. The standard InChI is InChI=1S/C18H14F2N2O2/c19-13-7-5-12(6-8-13)9-10-21-18(23)16-11-17(24-22-16)14-3-1-2-4-15(14)20/h1-8,11H,9-10H2,(H,21,23). The molecule has 0 fully saturated rings. The van der Waals surface area contributed by atoms with E-state index in [0.29, 0.717) is 13.0 Å². The second kappa shape index (κ2) is 7.04. The van der Waals surface area contributed by atoms with Crippen LogP contribution >= 0.6 is 0 Å². The molecule has 3 aromatic rings. The lowest BCUT2D eigenvalue weighted by atomic mass is 10.1. The Labute approximate surface area is 137 Å². The molecule has 3 rings (SSSR count). The Balaban J connectivity index is 1.60. The summed E-state index contributed by atoms with van der Waals surface area (Å²) in [6, 6.07) is 13.5. The van der Waals surface area contributed by atoms with Gasteiger partial charge < -0.3 is 9.84 Å². The van der Waals surface area contributed by atoms with E-state index in [1.807, 2.05) is 0 Å². The van der Waals surface area contributed by atoms with E-state index in [4.69, 9.17) is 4.52 Å². The Morgan fingerprint density at radius 1 is 1.08 bits per heavy atom. The Morgan fingerprint density at radius 3 is 2.58 bits per heavy atom. The average molecular weight is 328 g/mol. The summed E-state index contributed by atoms with van der Waals surface area (Å²) in [5.41, 5.74) is 1.23. The normalized spacial score (nSPS) is 10.6. The molecule has 0 atom stereocenters. The molecule has 1 N–H and O–H groups in total. The molecule has 0 bridgehead atoms. The number of carbonyl (C=O) groups is 1. The number of carbonyl (C=O) groups excluding carboxylic acids is 1. The highest BCUT2D eigenvalue weighted by atomic mass is 19.1. The number of nitrogens with one attached hydrogen (secondary N) is 1. The smallest absolute Gasteiger partial charge is 0.273 e. The van der Waals surface area contributed by atoms with Gasteiger partial charge in [0.15, 0.2) is 11.5 Å². The Bertz CT molecular complexity index is 844. The van der Waals surface area contributed by atoms with Crippen molar-refractivity contribution in [2.75, 3.05) is 6.54 Å². The number of hydrogen-bond donors (Lipinski definition) is 1. The van der Waals surface area contributed by atoms with Crippen LogP contribution in [0.1, 0.15) is 16.1 Å². The number of amides is 1. The molecule has 4 nitrogen and oxygen atoms in total. The maximum absolute atomic E-state index is 13.7.